The molecule has 0 saturated heterocycles. The number of nitrogens with zero attached hydrogens (tertiary/aromatic N) is 1. The highest BCUT2D eigenvalue weighted by Crippen LogP contribution is 2.30. The maximum Gasteiger partial charge on any atom is 0.123 e. The van der Waals surface area contributed by atoms with E-state index in [1.54, 1.807) is 11.3 Å². The van der Waals surface area contributed by atoms with Gasteiger partial charge in [-0.15, -0.1) is 11.3 Å². The molecule has 0 aliphatic carbocycles. The van der Waals surface area contributed by atoms with E-state index in [0.717, 1.165) is 23.2 Å². The van der Waals surface area contributed by atoms with E-state index >= 15 is 0 Å². The Labute approximate surface area is 109 Å². The number of halogens is 1. The van der Waals surface area contributed by atoms with Gasteiger partial charge in [-0.3, -0.25) is 0 Å². The predicted molar refractivity (Wildman–Crippen MR) is 74.2 cm³/mol. The molecule has 0 spiro atoms. The van der Waals surface area contributed by atoms with Gasteiger partial charge >= 0.3 is 0 Å². The van der Waals surface area contributed by atoms with Gasteiger partial charge in [0.1, 0.15) is 5.01 Å². The molecule has 1 heterocycles. The molecule has 3 heteroatoms. The van der Waals surface area contributed by atoms with Gasteiger partial charge in [0.15, 0.2) is 0 Å². The molecular weight excluding hydrogens is 282 g/mol. The Morgan fingerprint density at radius 1 is 1.25 bits per heavy atom. The monoisotopic (exact) mass is 295 g/mol. The van der Waals surface area contributed by atoms with Gasteiger partial charge < -0.3 is 0 Å². The minimum Gasteiger partial charge on any atom is -0.241 e. The fourth-order valence-corrected chi connectivity index (χ4v) is 3.25. The molecule has 84 valence electrons. The number of benzene rings is 1. The Bertz CT molecular complexity index is 450. The van der Waals surface area contributed by atoms with Gasteiger partial charge in [-0.2, -0.15) is 0 Å². The first-order chi connectivity index (χ1) is 7.85. The maximum absolute atomic E-state index is 4.73. The van der Waals surface area contributed by atoms with Crippen LogP contribution in [0.4, 0.5) is 0 Å². The summed E-state index contributed by atoms with van der Waals surface area (Å²) in [5, 5.41) is 2.05. The first-order valence-corrected chi connectivity index (χ1v) is 7.39. The van der Waals surface area contributed by atoms with E-state index in [9.17, 15) is 0 Å². The number of alkyl halides is 1. The Hall–Kier alpha value is -0.670. The zero-order valence-corrected chi connectivity index (χ0v) is 11.6. The molecule has 0 saturated carbocycles. The van der Waals surface area contributed by atoms with Crippen molar-refractivity contribution in [2.45, 2.75) is 25.1 Å². The number of aryl methyl sites for hydroxylation is 1. The molecule has 0 bridgehead atoms. The summed E-state index contributed by atoms with van der Waals surface area (Å²) >= 11 is 5.33. The predicted octanol–water partition coefficient (Wildman–Crippen LogP) is 4.66. The van der Waals surface area contributed by atoms with Crippen LogP contribution in [-0.2, 0) is 11.8 Å². The standard InChI is InChI=1S/C13H14BrNS/c1-2-6-11-12(9-14)16-13(15-11)10-7-4-3-5-8-10/h3-5,7-8H,2,6,9H2,1H3. The smallest absolute Gasteiger partial charge is 0.123 e. The molecule has 0 radical (unpaired) electrons. The first-order valence-electron chi connectivity index (χ1n) is 5.45. The second kappa shape index (κ2) is 5.60. The number of thiazole rings is 1. The van der Waals surface area contributed by atoms with Crippen molar-refractivity contribution in [1.82, 2.24) is 4.98 Å². The van der Waals surface area contributed by atoms with E-state index < -0.39 is 0 Å². The highest BCUT2D eigenvalue weighted by molar-refractivity contribution is 9.08. The molecule has 1 aromatic heterocycles. The second-order valence-corrected chi connectivity index (χ2v) is 5.28. The fourth-order valence-electron chi connectivity index (χ4n) is 1.62. The summed E-state index contributed by atoms with van der Waals surface area (Å²) in [5.41, 5.74) is 2.47. The van der Waals surface area contributed by atoms with Gasteiger partial charge in [0.05, 0.1) is 5.69 Å². The Morgan fingerprint density at radius 3 is 2.62 bits per heavy atom. The molecule has 0 unspecified atom stereocenters. The normalized spacial score (nSPS) is 10.6. The lowest BCUT2D eigenvalue weighted by atomic mass is 10.2. The fraction of sp³-hybridized carbons (Fsp3) is 0.308. The van der Waals surface area contributed by atoms with Crippen molar-refractivity contribution in [3.63, 3.8) is 0 Å². The molecule has 0 aliphatic heterocycles. The number of rotatable bonds is 4. The van der Waals surface area contributed by atoms with Gasteiger partial charge in [0, 0.05) is 15.8 Å². The van der Waals surface area contributed by atoms with Crippen molar-refractivity contribution in [3.8, 4) is 10.6 Å². The Morgan fingerprint density at radius 2 is 2.00 bits per heavy atom. The molecule has 1 nitrogen and oxygen atoms in total. The van der Waals surface area contributed by atoms with Crippen LogP contribution in [0.15, 0.2) is 30.3 Å². The van der Waals surface area contributed by atoms with Gasteiger partial charge in [0.2, 0.25) is 0 Å². The molecule has 0 amide bonds. The lowest BCUT2D eigenvalue weighted by Gasteiger charge is -1.94. The minimum absolute atomic E-state index is 0.910. The molecule has 2 rings (SSSR count). The quantitative estimate of drug-likeness (QED) is 0.748. The summed E-state index contributed by atoms with van der Waals surface area (Å²) in [6.07, 6.45) is 2.22. The summed E-state index contributed by atoms with van der Waals surface area (Å²) in [4.78, 5) is 6.09. The van der Waals surface area contributed by atoms with Gasteiger partial charge in [-0.1, -0.05) is 59.6 Å². The van der Waals surface area contributed by atoms with Crippen LogP contribution in [0, 0.1) is 0 Å². The molecule has 0 N–H and O–H groups in total. The third-order valence-electron chi connectivity index (χ3n) is 2.41. The van der Waals surface area contributed by atoms with Crippen LogP contribution >= 0.6 is 27.3 Å². The minimum atomic E-state index is 0.910. The molecular formula is C13H14BrNS. The summed E-state index contributed by atoms with van der Waals surface area (Å²) < 4.78 is 0. The third kappa shape index (κ3) is 2.53. The van der Waals surface area contributed by atoms with Crippen LogP contribution < -0.4 is 0 Å². The van der Waals surface area contributed by atoms with Crippen LogP contribution in [0.5, 0.6) is 0 Å². The van der Waals surface area contributed by atoms with Crippen LogP contribution in [0.2, 0.25) is 0 Å². The van der Waals surface area contributed by atoms with Crippen LogP contribution in [0.25, 0.3) is 10.6 Å². The highest BCUT2D eigenvalue weighted by Gasteiger charge is 2.10. The number of hydrogen-bond acceptors (Lipinski definition) is 2. The van der Waals surface area contributed by atoms with E-state index in [4.69, 9.17) is 4.98 Å². The second-order valence-electron chi connectivity index (χ2n) is 3.64. The zero-order chi connectivity index (χ0) is 11.4. The Balaban J connectivity index is 2.36. The zero-order valence-electron chi connectivity index (χ0n) is 9.24. The SMILES string of the molecule is CCCc1nc(-c2ccccc2)sc1CBr. The van der Waals surface area contributed by atoms with Gasteiger partial charge in [0.25, 0.3) is 0 Å². The molecule has 0 fully saturated rings. The van der Waals surface area contributed by atoms with E-state index in [2.05, 4.69) is 47.1 Å². The van der Waals surface area contributed by atoms with Crippen molar-refractivity contribution in [3.05, 3.63) is 40.9 Å². The maximum atomic E-state index is 4.73. The van der Waals surface area contributed by atoms with Gasteiger partial charge in [-0.25, -0.2) is 4.98 Å². The van der Waals surface area contributed by atoms with Crippen molar-refractivity contribution in [1.29, 1.82) is 0 Å². The summed E-state index contributed by atoms with van der Waals surface area (Å²) in [6.45, 7) is 2.19. The van der Waals surface area contributed by atoms with Crippen molar-refractivity contribution < 1.29 is 0 Å². The molecule has 0 aliphatic rings. The largest absolute Gasteiger partial charge is 0.241 e. The van der Waals surface area contributed by atoms with Crippen molar-refractivity contribution >= 4 is 27.3 Å². The van der Waals surface area contributed by atoms with E-state index in [1.807, 2.05) is 6.07 Å². The van der Waals surface area contributed by atoms with Crippen LogP contribution in [-0.4, -0.2) is 4.98 Å². The van der Waals surface area contributed by atoms with Crippen molar-refractivity contribution in [2.75, 3.05) is 0 Å². The average Bonchev–Trinajstić information content (AvgIpc) is 2.74. The topological polar surface area (TPSA) is 12.9 Å². The van der Waals surface area contributed by atoms with E-state index in [0.29, 0.717) is 0 Å². The summed E-state index contributed by atoms with van der Waals surface area (Å²) in [5.74, 6) is 0. The third-order valence-corrected chi connectivity index (χ3v) is 4.49. The van der Waals surface area contributed by atoms with Gasteiger partial charge in [-0.05, 0) is 6.42 Å². The molecule has 1 aromatic carbocycles. The van der Waals surface area contributed by atoms with Crippen LogP contribution in [0.1, 0.15) is 23.9 Å². The Kier molecular flexibility index (Phi) is 4.13. The lowest BCUT2D eigenvalue weighted by molar-refractivity contribution is 0.885. The summed E-state index contributed by atoms with van der Waals surface area (Å²) in [7, 11) is 0. The average molecular weight is 296 g/mol. The number of hydrogen-bond donors (Lipinski definition) is 0. The number of aromatic nitrogens is 1. The van der Waals surface area contributed by atoms with Crippen molar-refractivity contribution in [2.24, 2.45) is 0 Å². The first kappa shape index (κ1) is 11.8. The highest BCUT2D eigenvalue weighted by atomic mass is 79.9. The summed E-state index contributed by atoms with van der Waals surface area (Å²) in [6, 6.07) is 10.4. The van der Waals surface area contributed by atoms with Crippen LogP contribution in [0.3, 0.4) is 0 Å². The molecule has 16 heavy (non-hydrogen) atoms. The van der Waals surface area contributed by atoms with E-state index in [1.165, 1.54) is 16.1 Å². The molecule has 0 atom stereocenters. The lowest BCUT2D eigenvalue weighted by Crippen LogP contribution is -1.87. The van der Waals surface area contributed by atoms with E-state index in [-0.39, 0.29) is 0 Å². The molecule has 2 aromatic rings.